The fraction of sp³-hybridized carbons (Fsp3) is 0.269. The van der Waals surface area contributed by atoms with Gasteiger partial charge in [0, 0.05) is 6.07 Å². The number of carbonyl (C=O) groups is 1. The standard InChI is InChI=1S/C26H27FN2O6S/c1-3-23(18-7-9-21(33-2)10-8-18)28-26(30)17-29(20-6-4-5-19(27)15-20)36(31,32)22-11-12-24-25(16-22)35-14-13-34-24/h4-12,15-16,23H,3,13-14,17H2,1-2H3,(H,28,30). The summed E-state index contributed by atoms with van der Waals surface area (Å²) in [5.41, 5.74) is 0.871. The summed E-state index contributed by atoms with van der Waals surface area (Å²) in [6.45, 7) is 2.01. The molecule has 0 saturated heterocycles. The zero-order valence-corrected chi connectivity index (χ0v) is 20.8. The summed E-state index contributed by atoms with van der Waals surface area (Å²) in [5, 5.41) is 2.88. The molecule has 3 aromatic rings. The van der Waals surface area contributed by atoms with Crippen molar-refractivity contribution in [1.29, 1.82) is 0 Å². The van der Waals surface area contributed by atoms with Gasteiger partial charge in [0.1, 0.15) is 31.3 Å². The number of hydrogen-bond acceptors (Lipinski definition) is 6. The Balaban J connectivity index is 1.62. The molecular weight excluding hydrogens is 487 g/mol. The number of nitrogens with zero attached hydrogens (tertiary/aromatic N) is 1. The van der Waals surface area contributed by atoms with Crippen LogP contribution in [0.1, 0.15) is 24.9 Å². The van der Waals surface area contributed by atoms with E-state index in [2.05, 4.69) is 5.32 Å². The van der Waals surface area contributed by atoms with Crippen LogP contribution >= 0.6 is 0 Å². The van der Waals surface area contributed by atoms with Gasteiger partial charge in [0.25, 0.3) is 10.0 Å². The summed E-state index contributed by atoms with van der Waals surface area (Å²) in [4.78, 5) is 13.0. The van der Waals surface area contributed by atoms with Crippen molar-refractivity contribution < 1.29 is 31.8 Å². The molecule has 8 nitrogen and oxygen atoms in total. The third kappa shape index (κ3) is 5.54. The first kappa shape index (κ1) is 25.3. The molecule has 0 radical (unpaired) electrons. The molecule has 4 rings (SSSR count). The lowest BCUT2D eigenvalue weighted by atomic mass is 10.0. The minimum absolute atomic E-state index is 0.0255. The Kier molecular flexibility index (Phi) is 7.64. The molecule has 0 spiro atoms. The van der Waals surface area contributed by atoms with E-state index in [1.165, 1.54) is 36.4 Å². The smallest absolute Gasteiger partial charge is 0.264 e. The van der Waals surface area contributed by atoms with E-state index in [0.717, 1.165) is 15.9 Å². The Morgan fingerprint density at radius 3 is 2.44 bits per heavy atom. The molecule has 36 heavy (non-hydrogen) atoms. The number of nitrogens with one attached hydrogen (secondary N) is 1. The molecule has 0 bridgehead atoms. The van der Waals surface area contributed by atoms with Gasteiger partial charge in [0.05, 0.1) is 23.7 Å². The molecule has 1 unspecified atom stereocenters. The average Bonchev–Trinajstić information content (AvgIpc) is 2.90. The van der Waals surface area contributed by atoms with Crippen molar-refractivity contribution >= 4 is 21.6 Å². The molecule has 3 aromatic carbocycles. The van der Waals surface area contributed by atoms with Gasteiger partial charge in [-0.05, 0) is 54.4 Å². The molecule has 1 aliphatic heterocycles. The van der Waals surface area contributed by atoms with Crippen LogP contribution in [0, 0.1) is 5.82 Å². The summed E-state index contributed by atoms with van der Waals surface area (Å²) >= 11 is 0. The molecule has 0 aromatic heterocycles. The highest BCUT2D eigenvalue weighted by Crippen LogP contribution is 2.34. The number of hydrogen-bond donors (Lipinski definition) is 1. The molecule has 0 aliphatic carbocycles. The van der Waals surface area contributed by atoms with Crippen LogP contribution in [0.25, 0.3) is 0 Å². The molecule has 1 heterocycles. The van der Waals surface area contributed by atoms with E-state index in [4.69, 9.17) is 14.2 Å². The third-order valence-electron chi connectivity index (χ3n) is 5.75. The van der Waals surface area contributed by atoms with Crippen molar-refractivity contribution in [2.45, 2.75) is 24.3 Å². The fourth-order valence-corrected chi connectivity index (χ4v) is 5.31. The summed E-state index contributed by atoms with van der Waals surface area (Å²) in [6, 6.07) is 16.2. The molecule has 1 amide bonds. The quantitative estimate of drug-likeness (QED) is 0.463. The Morgan fingerprint density at radius 1 is 1.06 bits per heavy atom. The molecular formula is C26H27FN2O6S. The number of sulfonamides is 1. The van der Waals surface area contributed by atoms with Crippen molar-refractivity contribution in [3.63, 3.8) is 0 Å². The van der Waals surface area contributed by atoms with Gasteiger partial charge in [0.2, 0.25) is 5.91 Å². The summed E-state index contributed by atoms with van der Waals surface area (Å²) < 4.78 is 58.5. The van der Waals surface area contributed by atoms with Gasteiger partial charge in [-0.1, -0.05) is 25.1 Å². The fourth-order valence-electron chi connectivity index (χ4n) is 3.89. The molecule has 10 heteroatoms. The lowest BCUT2D eigenvalue weighted by molar-refractivity contribution is -0.120. The monoisotopic (exact) mass is 514 g/mol. The number of anilines is 1. The number of methoxy groups -OCH3 is 1. The first-order valence-electron chi connectivity index (χ1n) is 11.4. The molecule has 190 valence electrons. The topological polar surface area (TPSA) is 94.2 Å². The molecule has 1 atom stereocenters. The second-order valence-corrected chi connectivity index (χ2v) is 9.96. The van der Waals surface area contributed by atoms with E-state index in [9.17, 15) is 17.6 Å². The minimum Gasteiger partial charge on any atom is -0.497 e. The first-order valence-corrected chi connectivity index (χ1v) is 12.9. The van der Waals surface area contributed by atoms with Gasteiger partial charge in [-0.25, -0.2) is 12.8 Å². The van der Waals surface area contributed by atoms with Crippen molar-refractivity contribution in [3.8, 4) is 17.2 Å². The van der Waals surface area contributed by atoms with Crippen molar-refractivity contribution in [3.05, 3.63) is 78.1 Å². The predicted octanol–water partition coefficient (Wildman–Crippen LogP) is 4.07. The van der Waals surface area contributed by atoms with Crippen molar-refractivity contribution in [2.75, 3.05) is 31.2 Å². The van der Waals surface area contributed by atoms with Gasteiger partial charge in [-0.3, -0.25) is 9.10 Å². The van der Waals surface area contributed by atoms with Crippen LogP contribution in [0.4, 0.5) is 10.1 Å². The maximum Gasteiger partial charge on any atom is 0.264 e. The molecule has 0 fully saturated rings. The van der Waals surface area contributed by atoms with Crippen LogP contribution < -0.4 is 23.8 Å². The minimum atomic E-state index is -4.26. The lowest BCUT2D eigenvalue weighted by Gasteiger charge is -2.26. The van der Waals surface area contributed by atoms with E-state index in [1.54, 1.807) is 19.2 Å². The molecule has 0 saturated carbocycles. The highest BCUT2D eigenvalue weighted by molar-refractivity contribution is 7.92. The zero-order chi connectivity index (χ0) is 25.7. The number of fused-ring (bicyclic) bond motifs is 1. The van der Waals surface area contributed by atoms with Crippen LogP contribution in [0.15, 0.2) is 71.6 Å². The Bertz CT molecular complexity index is 1330. The van der Waals surface area contributed by atoms with Crippen LogP contribution in [-0.4, -0.2) is 41.2 Å². The highest BCUT2D eigenvalue weighted by atomic mass is 32.2. The van der Waals surface area contributed by atoms with E-state index in [1.807, 2.05) is 19.1 Å². The first-order chi connectivity index (χ1) is 17.3. The van der Waals surface area contributed by atoms with Gasteiger partial charge in [-0.15, -0.1) is 0 Å². The number of ether oxygens (including phenoxy) is 3. The summed E-state index contributed by atoms with van der Waals surface area (Å²) in [5.74, 6) is 0.239. The average molecular weight is 515 g/mol. The van der Waals surface area contributed by atoms with E-state index >= 15 is 0 Å². The zero-order valence-electron chi connectivity index (χ0n) is 19.9. The van der Waals surface area contributed by atoms with Crippen LogP contribution in [-0.2, 0) is 14.8 Å². The Labute approximate surface area is 209 Å². The van der Waals surface area contributed by atoms with Gasteiger partial charge < -0.3 is 19.5 Å². The number of amides is 1. The molecule has 1 N–H and O–H groups in total. The SMILES string of the molecule is CCC(NC(=O)CN(c1cccc(F)c1)S(=O)(=O)c1ccc2c(c1)OCCO2)c1ccc(OC)cc1. The Morgan fingerprint density at radius 2 is 1.78 bits per heavy atom. The number of carbonyl (C=O) groups excluding carboxylic acids is 1. The van der Waals surface area contributed by atoms with Gasteiger partial charge >= 0.3 is 0 Å². The number of benzene rings is 3. The van der Waals surface area contributed by atoms with Crippen molar-refractivity contribution in [2.24, 2.45) is 0 Å². The lowest BCUT2D eigenvalue weighted by Crippen LogP contribution is -2.42. The van der Waals surface area contributed by atoms with Crippen molar-refractivity contribution in [1.82, 2.24) is 5.32 Å². The normalized spacial score (nSPS) is 13.5. The predicted molar refractivity (Wildman–Crippen MR) is 133 cm³/mol. The maximum absolute atomic E-state index is 14.1. The number of halogens is 1. The Hall–Kier alpha value is -3.79. The summed E-state index contributed by atoms with van der Waals surface area (Å²) in [6.07, 6.45) is 0.576. The van der Waals surface area contributed by atoms with Gasteiger partial charge in [-0.2, -0.15) is 0 Å². The highest BCUT2D eigenvalue weighted by Gasteiger charge is 2.30. The van der Waals surface area contributed by atoms with Crippen LogP contribution in [0.2, 0.25) is 0 Å². The largest absolute Gasteiger partial charge is 0.497 e. The van der Waals surface area contributed by atoms with E-state index in [0.29, 0.717) is 24.5 Å². The van der Waals surface area contributed by atoms with Crippen LogP contribution in [0.5, 0.6) is 17.2 Å². The number of rotatable bonds is 9. The summed E-state index contributed by atoms with van der Waals surface area (Å²) in [7, 11) is -2.70. The van der Waals surface area contributed by atoms with E-state index < -0.39 is 28.3 Å². The second kappa shape index (κ2) is 10.9. The third-order valence-corrected chi connectivity index (χ3v) is 7.52. The van der Waals surface area contributed by atoms with Crippen LogP contribution in [0.3, 0.4) is 0 Å². The second-order valence-electron chi connectivity index (χ2n) is 8.10. The van der Waals surface area contributed by atoms with Gasteiger partial charge in [0.15, 0.2) is 11.5 Å². The molecule has 1 aliphatic rings. The maximum atomic E-state index is 14.1. The van der Waals surface area contributed by atoms with E-state index in [-0.39, 0.29) is 29.0 Å².